The highest BCUT2D eigenvalue weighted by atomic mass is 16.2. The summed E-state index contributed by atoms with van der Waals surface area (Å²) < 4.78 is 0. The van der Waals surface area contributed by atoms with Crippen LogP contribution in [0, 0.1) is 5.92 Å². The van der Waals surface area contributed by atoms with Gasteiger partial charge in [0.05, 0.1) is 5.92 Å². The number of benzene rings is 2. The zero-order valence-electron chi connectivity index (χ0n) is 13.4. The van der Waals surface area contributed by atoms with Crippen molar-refractivity contribution in [2.45, 2.75) is 25.9 Å². The van der Waals surface area contributed by atoms with Crippen LogP contribution in [0.5, 0.6) is 0 Å². The van der Waals surface area contributed by atoms with Crippen LogP contribution >= 0.6 is 0 Å². The molecule has 1 aliphatic heterocycles. The van der Waals surface area contributed by atoms with Crippen LogP contribution in [0.4, 0.5) is 0 Å². The van der Waals surface area contributed by atoms with E-state index in [1.165, 1.54) is 11.1 Å². The van der Waals surface area contributed by atoms with Crippen LogP contribution in [-0.2, 0) is 17.9 Å². The Bertz CT molecular complexity index is 565. The second-order valence-corrected chi connectivity index (χ2v) is 6.21. The molecule has 0 spiro atoms. The first-order chi connectivity index (χ1) is 11.3. The maximum Gasteiger partial charge on any atom is 0.227 e. The summed E-state index contributed by atoms with van der Waals surface area (Å²) in [5.41, 5.74) is 2.36. The first kappa shape index (κ1) is 15.8. The minimum Gasteiger partial charge on any atom is -0.334 e. The normalized spacial score (nSPS) is 17.7. The highest BCUT2D eigenvalue weighted by Crippen LogP contribution is 2.18. The lowest BCUT2D eigenvalue weighted by Gasteiger charge is -2.30. The second kappa shape index (κ2) is 7.93. The molecule has 0 aliphatic carbocycles. The number of amides is 1. The van der Waals surface area contributed by atoms with Gasteiger partial charge in [0.2, 0.25) is 5.91 Å². The fourth-order valence-corrected chi connectivity index (χ4v) is 3.14. The van der Waals surface area contributed by atoms with E-state index in [4.69, 9.17) is 0 Å². The van der Waals surface area contributed by atoms with Gasteiger partial charge in [-0.25, -0.2) is 0 Å². The van der Waals surface area contributed by atoms with Crippen molar-refractivity contribution < 1.29 is 4.79 Å². The average molecular weight is 308 g/mol. The Kier molecular flexibility index (Phi) is 5.43. The summed E-state index contributed by atoms with van der Waals surface area (Å²) in [5.74, 6) is 0.376. The summed E-state index contributed by atoms with van der Waals surface area (Å²) in [7, 11) is 0. The van der Waals surface area contributed by atoms with Crippen LogP contribution in [0.3, 0.4) is 0 Å². The molecule has 1 amide bonds. The largest absolute Gasteiger partial charge is 0.334 e. The third-order valence-electron chi connectivity index (χ3n) is 4.39. The molecule has 120 valence electrons. The van der Waals surface area contributed by atoms with Crippen LogP contribution in [-0.4, -0.2) is 23.9 Å². The lowest BCUT2D eigenvalue weighted by molar-refractivity contribution is -0.137. The smallest absolute Gasteiger partial charge is 0.227 e. The maximum atomic E-state index is 13.0. The third-order valence-corrected chi connectivity index (χ3v) is 4.39. The first-order valence-electron chi connectivity index (χ1n) is 8.40. The van der Waals surface area contributed by atoms with Crippen molar-refractivity contribution in [2.24, 2.45) is 5.92 Å². The Labute approximate surface area is 138 Å². The molecule has 1 fully saturated rings. The SMILES string of the molecule is O=C(C1CCCNC1)N(Cc1ccccc1)Cc1ccccc1. The fourth-order valence-electron chi connectivity index (χ4n) is 3.14. The van der Waals surface area contributed by atoms with Gasteiger partial charge in [0, 0.05) is 19.6 Å². The summed E-state index contributed by atoms with van der Waals surface area (Å²) in [6.07, 6.45) is 2.08. The van der Waals surface area contributed by atoms with Gasteiger partial charge in [-0.05, 0) is 30.5 Å². The lowest BCUT2D eigenvalue weighted by atomic mass is 9.97. The van der Waals surface area contributed by atoms with E-state index in [-0.39, 0.29) is 11.8 Å². The molecule has 2 aromatic carbocycles. The van der Waals surface area contributed by atoms with E-state index in [0.717, 1.165) is 25.9 Å². The number of carbonyl (C=O) groups is 1. The lowest BCUT2D eigenvalue weighted by Crippen LogP contribution is -2.42. The van der Waals surface area contributed by atoms with E-state index in [0.29, 0.717) is 13.1 Å². The van der Waals surface area contributed by atoms with Crippen molar-refractivity contribution in [1.82, 2.24) is 10.2 Å². The van der Waals surface area contributed by atoms with Crippen LogP contribution in [0.25, 0.3) is 0 Å². The molecule has 3 nitrogen and oxygen atoms in total. The van der Waals surface area contributed by atoms with E-state index < -0.39 is 0 Å². The molecule has 1 saturated heterocycles. The van der Waals surface area contributed by atoms with Crippen molar-refractivity contribution >= 4 is 5.91 Å². The molecule has 3 rings (SSSR count). The van der Waals surface area contributed by atoms with Crippen molar-refractivity contribution in [3.63, 3.8) is 0 Å². The molecular formula is C20H24N2O. The molecular weight excluding hydrogens is 284 g/mol. The van der Waals surface area contributed by atoms with Crippen LogP contribution in [0.2, 0.25) is 0 Å². The highest BCUT2D eigenvalue weighted by Gasteiger charge is 2.26. The average Bonchev–Trinajstić information content (AvgIpc) is 2.63. The molecule has 2 aromatic rings. The zero-order valence-corrected chi connectivity index (χ0v) is 13.4. The van der Waals surface area contributed by atoms with Crippen molar-refractivity contribution in [1.29, 1.82) is 0 Å². The van der Waals surface area contributed by atoms with Crippen molar-refractivity contribution in [2.75, 3.05) is 13.1 Å². The second-order valence-electron chi connectivity index (χ2n) is 6.21. The number of hydrogen-bond acceptors (Lipinski definition) is 2. The Morgan fingerprint density at radius 3 is 2.00 bits per heavy atom. The molecule has 1 N–H and O–H groups in total. The standard InChI is InChI=1S/C20H24N2O/c23-20(19-12-7-13-21-14-19)22(15-17-8-3-1-4-9-17)16-18-10-5-2-6-11-18/h1-6,8-11,19,21H,7,12-16H2. The first-order valence-corrected chi connectivity index (χ1v) is 8.40. The van der Waals surface area contributed by atoms with Crippen LogP contribution < -0.4 is 5.32 Å². The molecule has 0 radical (unpaired) electrons. The Balaban J connectivity index is 1.76. The van der Waals surface area contributed by atoms with Gasteiger partial charge in [-0.3, -0.25) is 4.79 Å². The van der Waals surface area contributed by atoms with Gasteiger partial charge in [-0.1, -0.05) is 60.7 Å². The van der Waals surface area contributed by atoms with Crippen LogP contribution in [0.15, 0.2) is 60.7 Å². The highest BCUT2D eigenvalue weighted by molar-refractivity contribution is 5.79. The monoisotopic (exact) mass is 308 g/mol. The minimum absolute atomic E-state index is 0.108. The van der Waals surface area contributed by atoms with E-state index in [9.17, 15) is 4.79 Å². The summed E-state index contributed by atoms with van der Waals surface area (Å²) in [5, 5.41) is 3.35. The van der Waals surface area contributed by atoms with Gasteiger partial charge < -0.3 is 10.2 Å². The zero-order chi connectivity index (χ0) is 15.9. The summed E-state index contributed by atoms with van der Waals surface area (Å²) in [6, 6.07) is 20.5. The summed E-state index contributed by atoms with van der Waals surface area (Å²) in [6.45, 7) is 3.18. The Morgan fingerprint density at radius 1 is 0.957 bits per heavy atom. The Hall–Kier alpha value is -2.13. The van der Waals surface area contributed by atoms with E-state index in [2.05, 4.69) is 29.6 Å². The molecule has 23 heavy (non-hydrogen) atoms. The molecule has 0 bridgehead atoms. The molecule has 1 aliphatic rings. The molecule has 1 heterocycles. The molecule has 1 atom stereocenters. The predicted octanol–water partition coefficient (Wildman–Crippen LogP) is 3.22. The molecule has 3 heteroatoms. The number of hydrogen-bond donors (Lipinski definition) is 1. The molecule has 0 aromatic heterocycles. The van der Waals surface area contributed by atoms with Crippen LogP contribution in [0.1, 0.15) is 24.0 Å². The van der Waals surface area contributed by atoms with Gasteiger partial charge in [0.25, 0.3) is 0 Å². The van der Waals surface area contributed by atoms with Crippen molar-refractivity contribution in [3.05, 3.63) is 71.8 Å². The van der Waals surface area contributed by atoms with Gasteiger partial charge in [0.15, 0.2) is 0 Å². The third kappa shape index (κ3) is 4.42. The maximum absolute atomic E-state index is 13.0. The quantitative estimate of drug-likeness (QED) is 0.920. The number of piperidine rings is 1. The van der Waals surface area contributed by atoms with Gasteiger partial charge in [-0.2, -0.15) is 0 Å². The predicted molar refractivity (Wildman–Crippen MR) is 92.7 cm³/mol. The van der Waals surface area contributed by atoms with Gasteiger partial charge in [-0.15, -0.1) is 0 Å². The topological polar surface area (TPSA) is 32.3 Å². The number of rotatable bonds is 5. The van der Waals surface area contributed by atoms with E-state index in [1.54, 1.807) is 0 Å². The molecule has 0 saturated carbocycles. The Morgan fingerprint density at radius 2 is 1.52 bits per heavy atom. The van der Waals surface area contributed by atoms with Gasteiger partial charge in [0.1, 0.15) is 0 Å². The minimum atomic E-state index is 0.108. The molecule has 1 unspecified atom stereocenters. The number of carbonyl (C=O) groups excluding carboxylic acids is 1. The summed E-state index contributed by atoms with van der Waals surface area (Å²) >= 11 is 0. The van der Waals surface area contributed by atoms with Crippen molar-refractivity contribution in [3.8, 4) is 0 Å². The fraction of sp³-hybridized carbons (Fsp3) is 0.350. The number of nitrogens with one attached hydrogen (secondary N) is 1. The number of nitrogens with zero attached hydrogens (tertiary/aromatic N) is 1. The summed E-state index contributed by atoms with van der Waals surface area (Å²) in [4.78, 5) is 15.0. The van der Waals surface area contributed by atoms with Gasteiger partial charge >= 0.3 is 0 Å². The van der Waals surface area contributed by atoms with E-state index in [1.807, 2.05) is 41.3 Å². The van der Waals surface area contributed by atoms with E-state index >= 15 is 0 Å².